The molecule has 0 radical (unpaired) electrons. The third-order valence-corrected chi connectivity index (χ3v) is 3.67. The van der Waals surface area contributed by atoms with Crippen LogP contribution in [0.4, 0.5) is 4.39 Å². The van der Waals surface area contributed by atoms with Crippen LogP contribution >= 0.6 is 0 Å². The fraction of sp³-hybridized carbons (Fsp3) is 0.533. The van der Waals surface area contributed by atoms with Gasteiger partial charge >= 0.3 is 5.97 Å². The van der Waals surface area contributed by atoms with Gasteiger partial charge in [-0.2, -0.15) is 0 Å². The number of halogens is 1. The van der Waals surface area contributed by atoms with Crippen molar-refractivity contribution < 1.29 is 23.8 Å². The minimum Gasteiger partial charge on any atom is -0.494 e. The molecule has 116 valence electrons. The lowest BCUT2D eigenvalue weighted by Gasteiger charge is -2.25. The number of hydrogen-bond donors (Lipinski definition) is 1. The lowest BCUT2D eigenvalue weighted by atomic mass is 10.0. The number of rotatable bonds is 7. The predicted molar refractivity (Wildman–Crippen MR) is 74.9 cm³/mol. The number of nitrogens with zero attached hydrogens (tertiary/aromatic N) is 1. The van der Waals surface area contributed by atoms with Gasteiger partial charge in [0.2, 0.25) is 0 Å². The van der Waals surface area contributed by atoms with Gasteiger partial charge in [-0.05, 0) is 37.7 Å². The molecule has 1 N–H and O–H groups in total. The number of carboxylic acid groups (broad SMARTS) is 1. The Morgan fingerprint density at radius 2 is 2.14 bits per heavy atom. The van der Waals surface area contributed by atoms with Crippen LogP contribution in [-0.2, 0) is 9.53 Å². The maximum atomic E-state index is 12.7. The van der Waals surface area contributed by atoms with E-state index in [0.29, 0.717) is 19.0 Å². The van der Waals surface area contributed by atoms with Crippen molar-refractivity contribution in [2.24, 2.45) is 5.92 Å². The van der Waals surface area contributed by atoms with Crippen molar-refractivity contribution >= 4 is 5.97 Å². The zero-order valence-corrected chi connectivity index (χ0v) is 12.0. The van der Waals surface area contributed by atoms with Gasteiger partial charge in [0.1, 0.15) is 11.6 Å². The summed E-state index contributed by atoms with van der Waals surface area (Å²) in [6.45, 7) is 1.95. The highest BCUT2D eigenvalue weighted by molar-refractivity contribution is 5.71. The molecule has 21 heavy (non-hydrogen) atoms. The van der Waals surface area contributed by atoms with Gasteiger partial charge < -0.3 is 19.5 Å². The van der Waals surface area contributed by atoms with Crippen LogP contribution in [0.2, 0.25) is 0 Å². The first-order valence-electron chi connectivity index (χ1n) is 6.97. The van der Waals surface area contributed by atoms with E-state index in [1.807, 2.05) is 11.9 Å². The molecule has 1 aliphatic heterocycles. The number of carboxylic acids is 1. The summed E-state index contributed by atoms with van der Waals surface area (Å²) in [4.78, 5) is 13.1. The molecule has 2 rings (SSSR count). The van der Waals surface area contributed by atoms with Gasteiger partial charge in [-0.15, -0.1) is 0 Å². The molecular formula is C15H20FNO4. The summed E-state index contributed by atoms with van der Waals surface area (Å²) in [6, 6.07) is 5.80. The van der Waals surface area contributed by atoms with E-state index >= 15 is 0 Å². The van der Waals surface area contributed by atoms with Gasteiger partial charge in [-0.1, -0.05) is 0 Å². The first-order chi connectivity index (χ1) is 10.1. The lowest BCUT2D eigenvalue weighted by molar-refractivity contribution is -0.143. The maximum Gasteiger partial charge on any atom is 0.310 e. The topological polar surface area (TPSA) is 59.0 Å². The molecule has 1 saturated heterocycles. The molecule has 1 aromatic carbocycles. The molecular weight excluding hydrogens is 277 g/mol. The summed E-state index contributed by atoms with van der Waals surface area (Å²) in [7, 11) is 1.90. The number of likely N-dealkylation sites (N-methyl/N-ethyl adjacent to an activating group) is 1. The quantitative estimate of drug-likeness (QED) is 0.775. The largest absolute Gasteiger partial charge is 0.494 e. The number of hydrogen-bond acceptors (Lipinski definition) is 4. The third kappa shape index (κ3) is 4.41. The zero-order chi connectivity index (χ0) is 15.2. The second-order valence-electron chi connectivity index (χ2n) is 5.19. The van der Waals surface area contributed by atoms with Gasteiger partial charge in [0.15, 0.2) is 0 Å². The number of aliphatic carboxylic acids is 1. The van der Waals surface area contributed by atoms with E-state index in [1.165, 1.54) is 12.1 Å². The molecule has 1 aliphatic rings. The van der Waals surface area contributed by atoms with E-state index in [-0.39, 0.29) is 18.5 Å². The summed E-state index contributed by atoms with van der Waals surface area (Å²) in [5, 5.41) is 9.11. The molecule has 0 spiro atoms. The molecule has 2 atom stereocenters. The monoisotopic (exact) mass is 297 g/mol. The van der Waals surface area contributed by atoms with Gasteiger partial charge in [0, 0.05) is 12.6 Å². The molecule has 6 heteroatoms. The van der Waals surface area contributed by atoms with Crippen molar-refractivity contribution in [3.8, 4) is 5.75 Å². The van der Waals surface area contributed by atoms with E-state index in [9.17, 15) is 9.18 Å². The average molecular weight is 297 g/mol. The molecule has 0 bridgehead atoms. The Morgan fingerprint density at radius 3 is 2.81 bits per heavy atom. The van der Waals surface area contributed by atoms with E-state index in [0.717, 1.165) is 13.0 Å². The maximum absolute atomic E-state index is 12.7. The predicted octanol–water partition coefficient (Wildman–Crippen LogP) is 1.63. The van der Waals surface area contributed by atoms with Gasteiger partial charge in [0.05, 0.1) is 25.7 Å². The summed E-state index contributed by atoms with van der Waals surface area (Å²) in [6.07, 6.45) is 0.761. The fourth-order valence-corrected chi connectivity index (χ4v) is 2.41. The van der Waals surface area contributed by atoms with E-state index in [4.69, 9.17) is 14.6 Å². The van der Waals surface area contributed by atoms with Crippen molar-refractivity contribution in [2.45, 2.75) is 12.5 Å². The number of benzene rings is 1. The minimum atomic E-state index is -0.813. The molecule has 5 nitrogen and oxygen atoms in total. The fourth-order valence-electron chi connectivity index (χ4n) is 2.41. The molecule has 1 aromatic rings. The Bertz CT molecular complexity index is 465. The Labute approximate surface area is 123 Å². The molecule has 0 amide bonds. The van der Waals surface area contributed by atoms with Crippen molar-refractivity contribution in [2.75, 3.05) is 33.4 Å². The minimum absolute atomic E-state index is 0.0895. The highest BCUT2D eigenvalue weighted by Crippen LogP contribution is 2.19. The molecule has 1 heterocycles. The zero-order valence-electron chi connectivity index (χ0n) is 12.0. The highest BCUT2D eigenvalue weighted by Gasteiger charge is 2.36. The smallest absolute Gasteiger partial charge is 0.310 e. The first kappa shape index (κ1) is 15.7. The van der Waals surface area contributed by atoms with Crippen molar-refractivity contribution in [3.63, 3.8) is 0 Å². The molecule has 2 unspecified atom stereocenters. The second-order valence-corrected chi connectivity index (χ2v) is 5.19. The van der Waals surface area contributed by atoms with Crippen molar-refractivity contribution in [3.05, 3.63) is 30.1 Å². The normalized spacial score (nSPS) is 21.7. The average Bonchev–Trinajstić information content (AvgIpc) is 2.95. The van der Waals surface area contributed by atoms with Crippen molar-refractivity contribution in [1.82, 2.24) is 4.90 Å². The van der Waals surface area contributed by atoms with Gasteiger partial charge in [-0.25, -0.2) is 4.39 Å². The van der Waals surface area contributed by atoms with Crippen molar-refractivity contribution in [1.29, 1.82) is 0 Å². The van der Waals surface area contributed by atoms with Crippen LogP contribution in [0.15, 0.2) is 24.3 Å². The van der Waals surface area contributed by atoms with Crippen LogP contribution in [0.5, 0.6) is 5.75 Å². The van der Waals surface area contributed by atoms with Crippen LogP contribution < -0.4 is 4.74 Å². The van der Waals surface area contributed by atoms with E-state index in [2.05, 4.69) is 0 Å². The van der Waals surface area contributed by atoms with E-state index in [1.54, 1.807) is 12.1 Å². The Hall–Kier alpha value is -1.66. The summed E-state index contributed by atoms with van der Waals surface area (Å²) < 4.78 is 23.5. The van der Waals surface area contributed by atoms with E-state index < -0.39 is 11.9 Å². The number of ether oxygens (including phenoxy) is 2. The van der Waals surface area contributed by atoms with Gasteiger partial charge in [-0.3, -0.25) is 4.79 Å². The molecule has 0 aromatic heterocycles. The Morgan fingerprint density at radius 1 is 1.43 bits per heavy atom. The summed E-state index contributed by atoms with van der Waals surface area (Å²) >= 11 is 0. The van der Waals surface area contributed by atoms with Crippen LogP contribution in [0.1, 0.15) is 6.42 Å². The number of carbonyl (C=O) groups is 1. The SMILES string of the molecule is CN(CCCOc1ccc(F)cc1)C1COCC1C(=O)O. The highest BCUT2D eigenvalue weighted by atomic mass is 19.1. The molecule has 1 fully saturated rings. The Balaban J connectivity index is 1.70. The third-order valence-electron chi connectivity index (χ3n) is 3.67. The van der Waals surface area contributed by atoms with Crippen LogP contribution in [0.25, 0.3) is 0 Å². The van der Waals surface area contributed by atoms with Crippen LogP contribution in [0, 0.1) is 11.7 Å². The summed E-state index contributed by atoms with van der Waals surface area (Å²) in [5.74, 6) is -0.936. The van der Waals surface area contributed by atoms with Crippen LogP contribution in [-0.4, -0.2) is 55.4 Å². The standard InChI is InChI=1S/C15H20FNO4/c1-17(14-10-20-9-13(14)15(18)19)7-2-8-21-12-5-3-11(16)4-6-12/h3-6,13-14H,2,7-10H2,1H3,(H,18,19). The second kappa shape index (κ2) is 7.38. The molecule has 0 aliphatic carbocycles. The first-order valence-corrected chi connectivity index (χ1v) is 6.97. The van der Waals surface area contributed by atoms with Crippen LogP contribution in [0.3, 0.4) is 0 Å². The molecule has 0 saturated carbocycles. The Kier molecular flexibility index (Phi) is 5.52. The summed E-state index contributed by atoms with van der Waals surface area (Å²) in [5.41, 5.74) is 0. The lowest BCUT2D eigenvalue weighted by Crippen LogP contribution is -2.41. The van der Waals surface area contributed by atoms with Gasteiger partial charge in [0.25, 0.3) is 0 Å².